The van der Waals surface area contributed by atoms with Gasteiger partial charge in [0, 0.05) is 26.6 Å². The lowest BCUT2D eigenvalue weighted by atomic mass is 9.97. The van der Waals surface area contributed by atoms with E-state index in [0.717, 1.165) is 29.7 Å². The fraction of sp³-hybridized carbons (Fsp3) is 0.421. The van der Waals surface area contributed by atoms with Crippen molar-refractivity contribution >= 4 is 23.2 Å². The highest BCUT2D eigenvalue weighted by atomic mass is 35.5. The lowest BCUT2D eigenvalue weighted by Gasteiger charge is -2.34. The zero-order valence-corrected chi connectivity index (χ0v) is 16.4. The highest BCUT2D eigenvalue weighted by molar-refractivity contribution is 6.33. The predicted octanol–water partition coefficient (Wildman–Crippen LogP) is 3.26. The molecule has 1 unspecified atom stereocenters. The van der Waals surface area contributed by atoms with E-state index in [0.29, 0.717) is 25.3 Å². The van der Waals surface area contributed by atoms with E-state index < -0.39 is 17.3 Å². The standard InChI is InChI=1S/C19H20ClF3N4O2/c1-12(28)24-9-13-4-3-7-26(11-13)16-10-25-27(18(29)17(16)20)15-6-2-5-14(8-15)19(21,22)23/h2,5-6,8,10,13H,3-4,7,9,11H2,1H3,(H,24,28). The number of alkyl halides is 3. The Morgan fingerprint density at radius 3 is 2.83 bits per heavy atom. The second-order valence-electron chi connectivity index (χ2n) is 7.00. The highest BCUT2D eigenvalue weighted by Gasteiger charge is 2.31. The molecule has 1 aromatic carbocycles. The number of piperidine rings is 1. The van der Waals surface area contributed by atoms with Crippen LogP contribution in [0.25, 0.3) is 5.69 Å². The zero-order chi connectivity index (χ0) is 21.2. The van der Waals surface area contributed by atoms with Crippen LogP contribution in [-0.2, 0) is 11.0 Å². The normalized spacial score (nSPS) is 17.3. The average molecular weight is 429 g/mol. The van der Waals surface area contributed by atoms with Gasteiger partial charge >= 0.3 is 6.18 Å². The number of anilines is 1. The molecule has 29 heavy (non-hydrogen) atoms. The smallest absolute Gasteiger partial charge is 0.369 e. The second kappa shape index (κ2) is 8.44. The molecule has 1 saturated heterocycles. The van der Waals surface area contributed by atoms with Gasteiger partial charge in [-0.15, -0.1) is 0 Å². The Hall–Kier alpha value is -2.55. The molecule has 1 N–H and O–H groups in total. The summed E-state index contributed by atoms with van der Waals surface area (Å²) in [5.41, 5.74) is -1.14. The van der Waals surface area contributed by atoms with Gasteiger partial charge in [-0.05, 0) is 37.0 Å². The van der Waals surface area contributed by atoms with E-state index in [1.165, 1.54) is 25.3 Å². The first kappa shape index (κ1) is 21.2. The zero-order valence-electron chi connectivity index (χ0n) is 15.7. The van der Waals surface area contributed by atoms with Gasteiger partial charge in [0.2, 0.25) is 5.91 Å². The topological polar surface area (TPSA) is 67.2 Å². The van der Waals surface area contributed by atoms with Gasteiger partial charge in [0.05, 0.1) is 23.1 Å². The molecule has 10 heteroatoms. The number of nitrogens with one attached hydrogen (secondary N) is 1. The Kier molecular flexibility index (Phi) is 6.16. The van der Waals surface area contributed by atoms with Crippen LogP contribution in [0.15, 0.2) is 35.3 Å². The van der Waals surface area contributed by atoms with Crippen molar-refractivity contribution in [2.75, 3.05) is 24.5 Å². The molecule has 0 radical (unpaired) electrons. The molecule has 0 bridgehead atoms. The first-order chi connectivity index (χ1) is 13.7. The fourth-order valence-electron chi connectivity index (χ4n) is 3.38. The van der Waals surface area contributed by atoms with Crippen LogP contribution in [0.5, 0.6) is 0 Å². The molecule has 6 nitrogen and oxygen atoms in total. The van der Waals surface area contributed by atoms with Gasteiger partial charge < -0.3 is 10.2 Å². The van der Waals surface area contributed by atoms with E-state index >= 15 is 0 Å². The number of rotatable bonds is 4. The number of benzene rings is 1. The number of halogens is 4. The lowest BCUT2D eigenvalue weighted by Crippen LogP contribution is -2.41. The summed E-state index contributed by atoms with van der Waals surface area (Å²) < 4.78 is 39.7. The van der Waals surface area contributed by atoms with Crippen LogP contribution in [0.2, 0.25) is 5.02 Å². The Balaban J connectivity index is 1.87. The molecular weight excluding hydrogens is 409 g/mol. The van der Waals surface area contributed by atoms with Crippen LogP contribution in [0.4, 0.5) is 18.9 Å². The Bertz CT molecular complexity index is 961. The monoisotopic (exact) mass is 428 g/mol. The third-order valence-corrected chi connectivity index (χ3v) is 5.17. The van der Waals surface area contributed by atoms with Crippen LogP contribution < -0.4 is 15.8 Å². The molecule has 2 heterocycles. The molecule has 3 rings (SSSR count). The molecule has 1 atom stereocenters. The number of hydrogen-bond donors (Lipinski definition) is 1. The quantitative estimate of drug-likeness (QED) is 0.811. The highest BCUT2D eigenvalue weighted by Crippen LogP contribution is 2.31. The summed E-state index contributed by atoms with van der Waals surface area (Å²) in [5.74, 6) is 0.0973. The van der Waals surface area contributed by atoms with Crippen molar-refractivity contribution in [3.63, 3.8) is 0 Å². The molecule has 2 aromatic rings. The number of carbonyl (C=O) groups is 1. The maximum absolute atomic E-state index is 13.0. The van der Waals surface area contributed by atoms with E-state index in [9.17, 15) is 22.8 Å². The van der Waals surface area contributed by atoms with Crippen molar-refractivity contribution in [1.82, 2.24) is 15.1 Å². The van der Waals surface area contributed by atoms with Gasteiger partial charge in [-0.3, -0.25) is 9.59 Å². The molecule has 1 amide bonds. The fourth-order valence-corrected chi connectivity index (χ4v) is 3.63. The van der Waals surface area contributed by atoms with Crippen LogP contribution in [0.3, 0.4) is 0 Å². The summed E-state index contributed by atoms with van der Waals surface area (Å²) in [5, 5.41) is 6.74. The minimum Gasteiger partial charge on any atom is -0.369 e. The van der Waals surface area contributed by atoms with E-state index in [4.69, 9.17) is 11.6 Å². The molecular formula is C19H20ClF3N4O2. The average Bonchev–Trinajstić information content (AvgIpc) is 2.68. The predicted molar refractivity (Wildman–Crippen MR) is 103 cm³/mol. The number of hydrogen-bond acceptors (Lipinski definition) is 4. The maximum atomic E-state index is 13.0. The van der Waals surface area contributed by atoms with Gasteiger partial charge in [-0.2, -0.15) is 23.0 Å². The van der Waals surface area contributed by atoms with Gasteiger partial charge in [0.1, 0.15) is 5.02 Å². The Morgan fingerprint density at radius 1 is 1.38 bits per heavy atom. The molecule has 156 valence electrons. The molecule has 0 saturated carbocycles. The van der Waals surface area contributed by atoms with E-state index in [1.54, 1.807) is 0 Å². The SMILES string of the molecule is CC(=O)NCC1CCCN(c2cnn(-c3cccc(C(F)(F)F)c3)c(=O)c2Cl)C1. The van der Waals surface area contributed by atoms with Gasteiger partial charge in [0.15, 0.2) is 0 Å². The largest absolute Gasteiger partial charge is 0.416 e. The second-order valence-corrected chi connectivity index (χ2v) is 7.38. The van der Waals surface area contributed by atoms with Crippen LogP contribution in [0.1, 0.15) is 25.3 Å². The minimum atomic E-state index is -4.53. The van der Waals surface area contributed by atoms with E-state index in [-0.39, 0.29) is 22.5 Å². The summed E-state index contributed by atoms with van der Waals surface area (Å²) in [7, 11) is 0. The lowest BCUT2D eigenvalue weighted by molar-refractivity contribution is -0.137. The summed E-state index contributed by atoms with van der Waals surface area (Å²) in [6.45, 7) is 3.24. The molecule has 1 aliphatic rings. The van der Waals surface area contributed by atoms with Crippen LogP contribution in [0, 0.1) is 5.92 Å². The first-order valence-corrected chi connectivity index (χ1v) is 9.49. The van der Waals surface area contributed by atoms with Crippen LogP contribution in [-0.4, -0.2) is 35.3 Å². The van der Waals surface area contributed by atoms with Gasteiger partial charge in [-0.1, -0.05) is 17.7 Å². The maximum Gasteiger partial charge on any atom is 0.416 e. The molecule has 1 aromatic heterocycles. The van der Waals surface area contributed by atoms with E-state index in [1.807, 2.05) is 4.90 Å². The number of aromatic nitrogens is 2. The third-order valence-electron chi connectivity index (χ3n) is 4.82. The molecule has 0 spiro atoms. The van der Waals surface area contributed by atoms with Crippen molar-refractivity contribution in [2.24, 2.45) is 5.92 Å². The summed E-state index contributed by atoms with van der Waals surface area (Å²) in [4.78, 5) is 25.7. The van der Waals surface area contributed by atoms with Crippen molar-refractivity contribution < 1.29 is 18.0 Å². The summed E-state index contributed by atoms with van der Waals surface area (Å²) in [6.07, 6.45) is -1.34. The third kappa shape index (κ3) is 4.90. The number of nitrogens with zero attached hydrogens (tertiary/aromatic N) is 3. The van der Waals surface area contributed by atoms with Crippen molar-refractivity contribution in [3.8, 4) is 5.69 Å². The number of carbonyl (C=O) groups excluding carboxylic acids is 1. The molecule has 1 fully saturated rings. The first-order valence-electron chi connectivity index (χ1n) is 9.11. The number of amides is 1. The Morgan fingerprint density at radius 2 is 2.14 bits per heavy atom. The minimum absolute atomic E-state index is 0.0135. The van der Waals surface area contributed by atoms with Gasteiger partial charge in [-0.25, -0.2) is 0 Å². The van der Waals surface area contributed by atoms with Crippen LogP contribution >= 0.6 is 11.6 Å². The van der Waals surface area contributed by atoms with Gasteiger partial charge in [0.25, 0.3) is 5.56 Å². The Labute approximate surface area is 170 Å². The molecule has 0 aliphatic carbocycles. The summed E-state index contributed by atoms with van der Waals surface area (Å²) in [6, 6.07) is 4.36. The van der Waals surface area contributed by atoms with Crippen molar-refractivity contribution in [2.45, 2.75) is 25.9 Å². The van der Waals surface area contributed by atoms with Crippen molar-refractivity contribution in [1.29, 1.82) is 0 Å². The van der Waals surface area contributed by atoms with E-state index in [2.05, 4.69) is 10.4 Å². The van der Waals surface area contributed by atoms with Crippen molar-refractivity contribution in [3.05, 3.63) is 51.4 Å². The molecule has 1 aliphatic heterocycles. The summed E-state index contributed by atoms with van der Waals surface area (Å²) >= 11 is 6.28.